The number of hydrogen-bond acceptors (Lipinski definition) is 3. The van der Waals surface area contributed by atoms with Crippen LogP contribution in [0.2, 0.25) is 0 Å². The van der Waals surface area contributed by atoms with Crippen molar-refractivity contribution in [3.63, 3.8) is 0 Å². The summed E-state index contributed by atoms with van der Waals surface area (Å²) < 4.78 is 1.70. The fourth-order valence-corrected chi connectivity index (χ4v) is 2.91. The van der Waals surface area contributed by atoms with Crippen LogP contribution in [0.25, 0.3) is 27.6 Å². The molecule has 5 heteroatoms. The van der Waals surface area contributed by atoms with Gasteiger partial charge in [0.15, 0.2) is 5.65 Å². The first kappa shape index (κ1) is 13.5. The summed E-state index contributed by atoms with van der Waals surface area (Å²) in [6, 6.07) is 16.9. The van der Waals surface area contributed by atoms with Crippen LogP contribution in [0.15, 0.2) is 54.6 Å². The molecule has 0 atom stereocenters. The van der Waals surface area contributed by atoms with E-state index in [4.69, 9.17) is 0 Å². The molecular weight excluding hydrogens is 290 g/mol. The zero-order valence-corrected chi connectivity index (χ0v) is 12.4. The van der Waals surface area contributed by atoms with Gasteiger partial charge < -0.3 is 5.11 Å². The number of aromatic carboxylic acids is 1. The number of pyridine rings is 1. The third-order valence-electron chi connectivity index (χ3n) is 3.90. The molecule has 0 saturated heterocycles. The first-order chi connectivity index (χ1) is 11.2. The number of hydrogen-bond donors (Lipinski definition) is 1. The van der Waals surface area contributed by atoms with E-state index in [0.29, 0.717) is 27.6 Å². The van der Waals surface area contributed by atoms with Crippen LogP contribution in [-0.2, 0) is 0 Å². The quantitative estimate of drug-likeness (QED) is 0.614. The average Bonchev–Trinajstić information content (AvgIpc) is 2.90. The Morgan fingerprint density at radius 2 is 1.74 bits per heavy atom. The maximum atomic E-state index is 11.9. The maximum absolute atomic E-state index is 11.9. The zero-order valence-electron chi connectivity index (χ0n) is 12.4. The fraction of sp³-hybridized carbons (Fsp3) is 0.0556. The molecule has 1 N–H and O–H groups in total. The molecule has 0 aliphatic rings. The number of aromatic nitrogens is 3. The van der Waals surface area contributed by atoms with Crippen LogP contribution in [0, 0.1) is 6.92 Å². The summed E-state index contributed by atoms with van der Waals surface area (Å²) in [6.07, 6.45) is 0. The number of rotatable bonds is 2. The first-order valence-electron chi connectivity index (χ1n) is 7.23. The molecule has 112 valence electrons. The first-order valence-corrected chi connectivity index (χ1v) is 7.23. The van der Waals surface area contributed by atoms with Gasteiger partial charge >= 0.3 is 5.97 Å². The molecule has 23 heavy (non-hydrogen) atoms. The molecule has 0 amide bonds. The van der Waals surface area contributed by atoms with Gasteiger partial charge in [0.1, 0.15) is 0 Å². The summed E-state index contributed by atoms with van der Waals surface area (Å²) in [5, 5.41) is 15.4. The van der Waals surface area contributed by atoms with Crippen LogP contribution < -0.4 is 0 Å². The van der Waals surface area contributed by atoms with Gasteiger partial charge in [-0.25, -0.2) is 14.5 Å². The normalized spacial score (nSPS) is 11.2. The van der Waals surface area contributed by atoms with Crippen LogP contribution >= 0.6 is 0 Å². The highest BCUT2D eigenvalue weighted by molar-refractivity contribution is 6.14. The second kappa shape index (κ2) is 4.91. The molecule has 4 aromatic rings. The number of aryl methyl sites for hydroxylation is 1. The molecule has 0 spiro atoms. The van der Waals surface area contributed by atoms with Gasteiger partial charge in [0.05, 0.1) is 27.8 Å². The maximum Gasteiger partial charge on any atom is 0.337 e. The van der Waals surface area contributed by atoms with E-state index in [1.807, 2.05) is 55.5 Å². The van der Waals surface area contributed by atoms with Gasteiger partial charge in [-0.3, -0.25) is 0 Å². The Balaban J connectivity index is 2.20. The fourth-order valence-electron chi connectivity index (χ4n) is 2.91. The summed E-state index contributed by atoms with van der Waals surface area (Å²) in [5.41, 5.74) is 2.97. The Morgan fingerprint density at radius 1 is 1.04 bits per heavy atom. The van der Waals surface area contributed by atoms with Crippen molar-refractivity contribution < 1.29 is 9.90 Å². The number of nitrogens with zero attached hydrogens (tertiary/aromatic N) is 3. The molecule has 2 aromatic carbocycles. The number of carboxylic acids is 1. The van der Waals surface area contributed by atoms with Gasteiger partial charge in [0.2, 0.25) is 0 Å². The lowest BCUT2D eigenvalue weighted by Gasteiger charge is -2.06. The van der Waals surface area contributed by atoms with Crippen LogP contribution in [0.5, 0.6) is 0 Å². The van der Waals surface area contributed by atoms with E-state index < -0.39 is 5.97 Å². The van der Waals surface area contributed by atoms with Crippen molar-refractivity contribution in [3.05, 3.63) is 65.9 Å². The third-order valence-corrected chi connectivity index (χ3v) is 3.90. The molecule has 2 heterocycles. The van der Waals surface area contributed by atoms with Gasteiger partial charge in [-0.05, 0) is 25.1 Å². The largest absolute Gasteiger partial charge is 0.478 e. The SMILES string of the molecule is Cc1nn(-c2ccccc2)c2nc3ccccc3c(C(=O)O)c12. The van der Waals surface area contributed by atoms with Crippen molar-refractivity contribution in [1.29, 1.82) is 0 Å². The highest BCUT2D eigenvalue weighted by Gasteiger charge is 2.21. The lowest BCUT2D eigenvalue weighted by Crippen LogP contribution is -2.02. The number of fused-ring (bicyclic) bond motifs is 2. The van der Waals surface area contributed by atoms with E-state index in [0.717, 1.165) is 5.69 Å². The highest BCUT2D eigenvalue weighted by Crippen LogP contribution is 2.29. The van der Waals surface area contributed by atoms with E-state index in [2.05, 4.69) is 10.1 Å². The molecule has 2 aromatic heterocycles. The Hall–Kier alpha value is -3.21. The summed E-state index contributed by atoms with van der Waals surface area (Å²) >= 11 is 0. The van der Waals surface area contributed by atoms with Crippen molar-refractivity contribution in [2.45, 2.75) is 6.92 Å². The predicted octanol–water partition coefficient (Wildman–Crippen LogP) is 3.58. The number of para-hydroxylation sites is 2. The minimum atomic E-state index is -0.968. The van der Waals surface area contributed by atoms with Crippen molar-refractivity contribution >= 4 is 27.9 Å². The molecule has 0 aliphatic carbocycles. The van der Waals surface area contributed by atoms with E-state index in [1.54, 1.807) is 10.7 Å². The molecule has 0 saturated carbocycles. The van der Waals surface area contributed by atoms with Crippen molar-refractivity contribution in [2.75, 3.05) is 0 Å². The second-order valence-corrected chi connectivity index (χ2v) is 5.34. The Morgan fingerprint density at radius 3 is 2.48 bits per heavy atom. The minimum absolute atomic E-state index is 0.255. The van der Waals surface area contributed by atoms with Crippen LogP contribution in [-0.4, -0.2) is 25.8 Å². The summed E-state index contributed by atoms with van der Waals surface area (Å²) in [6.45, 7) is 1.81. The molecule has 4 rings (SSSR count). The van der Waals surface area contributed by atoms with Crippen LogP contribution in [0.1, 0.15) is 16.1 Å². The molecule has 0 radical (unpaired) electrons. The van der Waals surface area contributed by atoms with Crippen molar-refractivity contribution in [2.24, 2.45) is 0 Å². The van der Waals surface area contributed by atoms with Gasteiger partial charge in [-0.15, -0.1) is 0 Å². The van der Waals surface area contributed by atoms with Gasteiger partial charge in [-0.1, -0.05) is 36.4 Å². The van der Waals surface area contributed by atoms with Crippen molar-refractivity contribution in [3.8, 4) is 5.69 Å². The van der Waals surface area contributed by atoms with Crippen molar-refractivity contribution in [1.82, 2.24) is 14.8 Å². The van der Waals surface area contributed by atoms with E-state index in [1.165, 1.54) is 0 Å². The summed E-state index contributed by atoms with van der Waals surface area (Å²) in [7, 11) is 0. The third kappa shape index (κ3) is 1.97. The molecule has 5 nitrogen and oxygen atoms in total. The molecule has 0 fully saturated rings. The second-order valence-electron chi connectivity index (χ2n) is 5.34. The van der Waals surface area contributed by atoms with E-state index >= 15 is 0 Å². The standard InChI is InChI=1S/C18H13N3O2/c1-11-15-16(18(22)23)13-9-5-6-10-14(13)19-17(15)21(20-11)12-7-3-2-4-8-12/h2-10H,1H3,(H,22,23). The lowest BCUT2D eigenvalue weighted by molar-refractivity contribution is 0.0701. The highest BCUT2D eigenvalue weighted by atomic mass is 16.4. The van der Waals surface area contributed by atoms with E-state index in [9.17, 15) is 9.90 Å². The lowest BCUT2D eigenvalue weighted by atomic mass is 10.0. The summed E-state index contributed by atoms with van der Waals surface area (Å²) in [5.74, 6) is -0.968. The van der Waals surface area contributed by atoms with Gasteiger partial charge in [0.25, 0.3) is 0 Å². The van der Waals surface area contributed by atoms with Gasteiger partial charge in [-0.2, -0.15) is 5.10 Å². The van der Waals surface area contributed by atoms with Gasteiger partial charge in [0, 0.05) is 5.39 Å². The smallest absolute Gasteiger partial charge is 0.337 e. The predicted molar refractivity (Wildman–Crippen MR) is 88.1 cm³/mol. The molecular formula is C18H13N3O2. The Labute approximate surface area is 131 Å². The topological polar surface area (TPSA) is 68.0 Å². The molecule has 0 bridgehead atoms. The molecule has 0 unspecified atom stereocenters. The Bertz CT molecular complexity index is 1050. The van der Waals surface area contributed by atoms with Crippen LogP contribution in [0.3, 0.4) is 0 Å². The average molecular weight is 303 g/mol. The Kier molecular flexibility index (Phi) is 2.87. The number of carbonyl (C=O) groups is 1. The monoisotopic (exact) mass is 303 g/mol. The van der Waals surface area contributed by atoms with E-state index in [-0.39, 0.29) is 5.56 Å². The van der Waals surface area contributed by atoms with Crippen LogP contribution in [0.4, 0.5) is 0 Å². The number of carboxylic acid groups (broad SMARTS) is 1. The minimum Gasteiger partial charge on any atom is -0.478 e. The summed E-state index contributed by atoms with van der Waals surface area (Å²) in [4.78, 5) is 16.5. The molecule has 0 aliphatic heterocycles. The number of benzene rings is 2. The zero-order chi connectivity index (χ0) is 16.0.